The lowest BCUT2D eigenvalue weighted by Gasteiger charge is -2.34. The normalized spacial score (nSPS) is 15.9. The second-order valence-electron chi connectivity index (χ2n) is 7.95. The average Bonchev–Trinajstić information content (AvgIpc) is 2.77. The molecule has 0 saturated carbocycles. The van der Waals surface area contributed by atoms with Crippen LogP contribution in [-0.4, -0.2) is 54.6 Å². The maximum Gasteiger partial charge on any atom is 0.408 e. The molecule has 1 fully saturated rings. The van der Waals surface area contributed by atoms with E-state index in [1.54, 1.807) is 6.92 Å². The number of hydrogen-bond acceptors (Lipinski definition) is 6. The van der Waals surface area contributed by atoms with Crippen molar-refractivity contribution in [2.45, 2.75) is 38.9 Å². The van der Waals surface area contributed by atoms with Crippen LogP contribution in [0.5, 0.6) is 5.75 Å². The van der Waals surface area contributed by atoms with Gasteiger partial charge in [0.25, 0.3) is 0 Å². The summed E-state index contributed by atoms with van der Waals surface area (Å²) in [5.74, 6) is -3.78. The maximum atomic E-state index is 15.3. The van der Waals surface area contributed by atoms with Crippen molar-refractivity contribution in [3.05, 3.63) is 33.9 Å². The highest BCUT2D eigenvalue weighted by molar-refractivity contribution is 5.97. The first kappa shape index (κ1) is 25.3. The monoisotopic (exact) mass is 488 g/mol. The van der Waals surface area contributed by atoms with E-state index in [9.17, 15) is 32.7 Å². The van der Waals surface area contributed by atoms with Crippen molar-refractivity contribution in [3.63, 3.8) is 0 Å². The van der Waals surface area contributed by atoms with E-state index in [0.717, 1.165) is 20.1 Å². The number of benzene rings is 1. The van der Waals surface area contributed by atoms with Gasteiger partial charge < -0.3 is 24.0 Å². The van der Waals surface area contributed by atoms with Crippen molar-refractivity contribution in [2.24, 2.45) is 5.92 Å². The van der Waals surface area contributed by atoms with Crippen LogP contribution in [0.3, 0.4) is 0 Å². The third-order valence-electron chi connectivity index (χ3n) is 5.95. The summed E-state index contributed by atoms with van der Waals surface area (Å²) in [6, 6.07) is -1.51. The Balaban J connectivity index is 2.22. The number of carbonyl (C=O) groups is 2. The molecular formula is C22H24F4N2O6. The first-order valence-corrected chi connectivity index (χ1v) is 10.6. The van der Waals surface area contributed by atoms with Crippen LogP contribution in [0.15, 0.2) is 17.1 Å². The van der Waals surface area contributed by atoms with Gasteiger partial charge in [0, 0.05) is 19.3 Å². The number of carboxylic acid groups (broad SMARTS) is 1. The Labute approximate surface area is 191 Å². The Morgan fingerprint density at radius 1 is 1.26 bits per heavy atom. The summed E-state index contributed by atoms with van der Waals surface area (Å²) in [6.07, 6.45) is -3.55. The number of halogens is 4. The topological polar surface area (TPSA) is 98.1 Å². The smallest absolute Gasteiger partial charge is 0.408 e. The number of pyridine rings is 1. The summed E-state index contributed by atoms with van der Waals surface area (Å²) < 4.78 is 67.1. The zero-order valence-corrected chi connectivity index (χ0v) is 18.7. The van der Waals surface area contributed by atoms with E-state index < -0.39 is 46.3 Å². The summed E-state index contributed by atoms with van der Waals surface area (Å²) >= 11 is 0. The number of esters is 1. The fourth-order valence-electron chi connectivity index (χ4n) is 4.15. The standard InChI is InChI=1S/C22H24F4N2O6/c1-4-34-21(32)12-5-7-27(8-6-12)17-15(23)9-13-16(19(17)33-3)28(11(2)22(24,25)26)10-14(18(13)29)20(30)31/h9-12H,4-8H2,1-3H3,(H,30,31). The quantitative estimate of drug-likeness (QED) is 0.489. The Morgan fingerprint density at radius 2 is 1.88 bits per heavy atom. The van der Waals surface area contributed by atoms with E-state index in [-0.39, 0.29) is 42.6 Å². The molecule has 2 heterocycles. The lowest BCUT2D eigenvalue weighted by atomic mass is 9.96. The molecule has 1 aromatic carbocycles. The van der Waals surface area contributed by atoms with Crippen LogP contribution in [0.4, 0.5) is 23.2 Å². The Bertz CT molecular complexity index is 1170. The van der Waals surface area contributed by atoms with Crippen molar-refractivity contribution in [1.29, 1.82) is 0 Å². The summed E-state index contributed by atoms with van der Waals surface area (Å²) in [7, 11) is 1.13. The van der Waals surface area contributed by atoms with Crippen LogP contribution in [0.25, 0.3) is 10.9 Å². The second-order valence-corrected chi connectivity index (χ2v) is 7.95. The van der Waals surface area contributed by atoms with Gasteiger partial charge in [-0.3, -0.25) is 9.59 Å². The summed E-state index contributed by atoms with van der Waals surface area (Å²) in [6.45, 7) is 3.07. The average molecular weight is 488 g/mol. The predicted octanol–water partition coefficient (Wildman–Crippen LogP) is 3.75. The molecule has 1 unspecified atom stereocenters. The zero-order valence-electron chi connectivity index (χ0n) is 18.7. The van der Waals surface area contributed by atoms with Gasteiger partial charge >= 0.3 is 18.1 Å². The largest absolute Gasteiger partial charge is 0.492 e. The number of fused-ring (bicyclic) bond motifs is 1. The molecule has 8 nitrogen and oxygen atoms in total. The second kappa shape index (κ2) is 9.51. The van der Waals surface area contributed by atoms with Gasteiger partial charge in [0.05, 0.1) is 30.5 Å². The minimum Gasteiger partial charge on any atom is -0.492 e. The third kappa shape index (κ3) is 4.53. The molecule has 34 heavy (non-hydrogen) atoms. The van der Waals surface area contributed by atoms with Crippen LogP contribution in [0, 0.1) is 11.7 Å². The number of piperidine rings is 1. The lowest BCUT2D eigenvalue weighted by molar-refractivity contribution is -0.162. The Kier molecular flexibility index (Phi) is 7.08. The molecule has 1 aliphatic heterocycles. The van der Waals surface area contributed by atoms with Crippen molar-refractivity contribution < 1.29 is 41.7 Å². The third-order valence-corrected chi connectivity index (χ3v) is 5.95. The van der Waals surface area contributed by atoms with Gasteiger partial charge in [0.2, 0.25) is 5.43 Å². The minimum atomic E-state index is -4.80. The molecule has 0 radical (unpaired) electrons. The van der Waals surface area contributed by atoms with Gasteiger partial charge in [0.15, 0.2) is 11.6 Å². The molecule has 1 N–H and O–H groups in total. The van der Waals surface area contributed by atoms with Gasteiger partial charge in [0.1, 0.15) is 17.3 Å². The first-order chi connectivity index (χ1) is 15.9. The number of alkyl halides is 3. The number of nitrogens with zero attached hydrogens (tertiary/aromatic N) is 2. The highest BCUT2D eigenvalue weighted by Gasteiger charge is 2.39. The highest BCUT2D eigenvalue weighted by atomic mass is 19.4. The number of carbonyl (C=O) groups excluding carboxylic acids is 1. The summed E-state index contributed by atoms with van der Waals surface area (Å²) in [4.78, 5) is 37.8. The van der Waals surface area contributed by atoms with Crippen LogP contribution in [0.2, 0.25) is 0 Å². The van der Waals surface area contributed by atoms with Crippen LogP contribution in [0.1, 0.15) is 43.1 Å². The summed E-state index contributed by atoms with van der Waals surface area (Å²) in [5.41, 5.74) is -2.58. The molecule has 0 amide bonds. The van der Waals surface area contributed by atoms with E-state index in [0.29, 0.717) is 23.6 Å². The van der Waals surface area contributed by atoms with E-state index in [1.165, 1.54) is 4.90 Å². The van der Waals surface area contributed by atoms with Gasteiger partial charge in [-0.05, 0) is 32.8 Å². The molecular weight excluding hydrogens is 464 g/mol. The maximum absolute atomic E-state index is 15.3. The molecule has 1 aromatic heterocycles. The lowest BCUT2D eigenvalue weighted by Crippen LogP contribution is -2.38. The number of hydrogen-bond donors (Lipinski definition) is 1. The Hall–Kier alpha value is -3.31. The fourth-order valence-corrected chi connectivity index (χ4v) is 4.15. The van der Waals surface area contributed by atoms with Gasteiger partial charge in [-0.2, -0.15) is 13.2 Å². The SMILES string of the molecule is CCOC(=O)C1CCN(c2c(F)cc3c(=O)c(C(=O)O)cn(C(C)C(F)(F)F)c3c2OC)CC1. The van der Waals surface area contributed by atoms with Crippen molar-refractivity contribution in [2.75, 3.05) is 31.7 Å². The number of rotatable bonds is 6. The van der Waals surface area contributed by atoms with Crippen molar-refractivity contribution in [1.82, 2.24) is 4.57 Å². The first-order valence-electron chi connectivity index (χ1n) is 10.6. The van der Waals surface area contributed by atoms with E-state index in [4.69, 9.17) is 9.47 Å². The van der Waals surface area contributed by atoms with Crippen LogP contribution >= 0.6 is 0 Å². The highest BCUT2D eigenvalue weighted by Crippen LogP contribution is 2.42. The zero-order chi connectivity index (χ0) is 25.4. The number of aromatic carboxylic acids is 1. The molecule has 12 heteroatoms. The fraction of sp³-hybridized carbons (Fsp3) is 0.500. The van der Waals surface area contributed by atoms with E-state index in [1.807, 2.05) is 0 Å². The van der Waals surface area contributed by atoms with Gasteiger partial charge in [-0.1, -0.05) is 0 Å². The molecule has 1 aliphatic rings. The molecule has 1 atom stereocenters. The molecule has 1 saturated heterocycles. The molecule has 0 bridgehead atoms. The van der Waals surface area contributed by atoms with Gasteiger partial charge in [-0.15, -0.1) is 0 Å². The number of methoxy groups -OCH3 is 1. The molecule has 2 aromatic rings. The summed E-state index contributed by atoms with van der Waals surface area (Å²) in [5, 5.41) is 8.78. The predicted molar refractivity (Wildman–Crippen MR) is 114 cm³/mol. The number of ether oxygens (including phenoxy) is 2. The molecule has 3 rings (SSSR count). The number of aromatic nitrogens is 1. The number of anilines is 1. The van der Waals surface area contributed by atoms with Crippen LogP contribution in [-0.2, 0) is 9.53 Å². The molecule has 0 spiro atoms. The van der Waals surface area contributed by atoms with Crippen molar-refractivity contribution >= 4 is 28.5 Å². The van der Waals surface area contributed by atoms with Crippen molar-refractivity contribution in [3.8, 4) is 5.75 Å². The number of carboxylic acids is 1. The minimum absolute atomic E-state index is 0.164. The van der Waals surface area contributed by atoms with E-state index in [2.05, 4.69) is 0 Å². The van der Waals surface area contributed by atoms with Crippen LogP contribution < -0.4 is 15.1 Å². The molecule has 186 valence electrons. The Morgan fingerprint density at radius 3 is 2.38 bits per heavy atom. The van der Waals surface area contributed by atoms with E-state index >= 15 is 4.39 Å². The van der Waals surface area contributed by atoms with Gasteiger partial charge in [-0.25, -0.2) is 9.18 Å². The molecule has 0 aliphatic carbocycles.